The second-order valence-corrected chi connectivity index (χ2v) is 5.19. The van der Waals surface area contributed by atoms with Crippen molar-refractivity contribution in [3.05, 3.63) is 34.9 Å². The summed E-state index contributed by atoms with van der Waals surface area (Å²) in [5.41, 5.74) is 1.24. The minimum Gasteiger partial charge on any atom is -0.374 e. The Hall–Kier alpha value is -0.610. The lowest BCUT2D eigenvalue weighted by molar-refractivity contribution is -0.0390. The van der Waals surface area contributed by atoms with Gasteiger partial charge in [-0.2, -0.15) is 0 Å². The van der Waals surface area contributed by atoms with Crippen LogP contribution in [0.5, 0.6) is 0 Å². The molecule has 4 heteroatoms. The molecule has 1 N–H and O–H groups in total. The maximum absolute atomic E-state index is 5.94. The van der Waals surface area contributed by atoms with Gasteiger partial charge in [0.15, 0.2) is 0 Å². The summed E-state index contributed by atoms with van der Waals surface area (Å²) in [5.74, 6) is 0. The molecule has 0 spiro atoms. The van der Waals surface area contributed by atoms with Crippen molar-refractivity contribution in [3.8, 4) is 0 Å². The molecule has 0 bridgehead atoms. The molecule has 2 rings (SSSR count). The quantitative estimate of drug-likeness (QED) is 0.907. The van der Waals surface area contributed by atoms with E-state index < -0.39 is 0 Å². The highest BCUT2D eigenvalue weighted by Gasteiger charge is 2.27. The maximum Gasteiger partial charge on any atom is 0.0896 e. The van der Waals surface area contributed by atoms with Crippen LogP contribution in [0, 0.1) is 0 Å². The molecule has 1 fully saturated rings. The minimum atomic E-state index is 0.199. The van der Waals surface area contributed by atoms with Gasteiger partial charge in [-0.25, -0.2) is 0 Å². The van der Waals surface area contributed by atoms with Gasteiger partial charge in [-0.3, -0.25) is 0 Å². The predicted octanol–water partition coefficient (Wildman–Crippen LogP) is 2.32. The van der Waals surface area contributed by atoms with Crippen molar-refractivity contribution in [2.45, 2.75) is 19.1 Å². The lowest BCUT2D eigenvalue weighted by Gasteiger charge is -2.35. The molecular formula is C14H21ClN2O. The van der Waals surface area contributed by atoms with Crippen LogP contribution in [0.1, 0.15) is 18.5 Å². The van der Waals surface area contributed by atoms with Crippen LogP contribution in [0.15, 0.2) is 24.3 Å². The summed E-state index contributed by atoms with van der Waals surface area (Å²) >= 11 is 5.94. The first-order chi connectivity index (χ1) is 8.70. The first-order valence-corrected chi connectivity index (χ1v) is 6.87. The summed E-state index contributed by atoms with van der Waals surface area (Å²) in [7, 11) is 2.14. The maximum atomic E-state index is 5.94. The van der Waals surface area contributed by atoms with E-state index in [9.17, 15) is 0 Å². The molecule has 0 saturated carbocycles. The Morgan fingerprint density at radius 1 is 1.44 bits per heavy atom. The third-order valence-electron chi connectivity index (χ3n) is 3.32. The van der Waals surface area contributed by atoms with Crippen molar-refractivity contribution in [2.24, 2.45) is 0 Å². The molecule has 0 aliphatic carbocycles. The Balaban J connectivity index is 2.13. The average Bonchev–Trinajstić information content (AvgIpc) is 2.37. The monoisotopic (exact) mass is 268 g/mol. The highest BCUT2D eigenvalue weighted by Crippen LogP contribution is 2.23. The van der Waals surface area contributed by atoms with Crippen molar-refractivity contribution in [1.29, 1.82) is 0 Å². The summed E-state index contributed by atoms with van der Waals surface area (Å²) < 4.78 is 5.91. The Labute approximate surface area is 114 Å². The van der Waals surface area contributed by atoms with Gasteiger partial charge in [0.1, 0.15) is 0 Å². The van der Waals surface area contributed by atoms with Crippen LogP contribution >= 0.6 is 11.6 Å². The molecule has 0 aromatic heterocycles. The van der Waals surface area contributed by atoms with E-state index in [-0.39, 0.29) is 12.1 Å². The van der Waals surface area contributed by atoms with Crippen LogP contribution in [0.25, 0.3) is 0 Å². The van der Waals surface area contributed by atoms with E-state index in [1.807, 2.05) is 12.1 Å². The summed E-state index contributed by atoms with van der Waals surface area (Å²) in [4.78, 5) is 2.31. The molecule has 1 aromatic rings. The molecule has 1 saturated heterocycles. The fourth-order valence-corrected chi connectivity index (χ4v) is 2.49. The highest BCUT2D eigenvalue weighted by atomic mass is 35.5. The number of benzene rings is 1. The standard InChI is InChI=1S/C14H21ClN2O/c1-3-16-14(11-4-6-12(15)7-5-11)13-10-17(2)8-9-18-13/h4-7,13-14,16H,3,8-10H2,1-2H3. The molecule has 2 atom stereocenters. The van der Waals surface area contributed by atoms with Crippen molar-refractivity contribution in [2.75, 3.05) is 33.3 Å². The molecular weight excluding hydrogens is 248 g/mol. The zero-order chi connectivity index (χ0) is 13.0. The van der Waals surface area contributed by atoms with Gasteiger partial charge < -0.3 is 15.0 Å². The smallest absolute Gasteiger partial charge is 0.0896 e. The number of morpholine rings is 1. The number of nitrogens with one attached hydrogen (secondary N) is 1. The number of halogens is 1. The average molecular weight is 269 g/mol. The Morgan fingerprint density at radius 2 is 2.17 bits per heavy atom. The first kappa shape index (κ1) is 13.8. The van der Waals surface area contributed by atoms with Gasteiger partial charge in [0, 0.05) is 18.1 Å². The summed E-state index contributed by atoms with van der Waals surface area (Å²) in [6.07, 6.45) is 0.199. The van der Waals surface area contributed by atoms with Crippen LogP contribution in [0.3, 0.4) is 0 Å². The van der Waals surface area contributed by atoms with Gasteiger partial charge in [-0.15, -0.1) is 0 Å². The Bertz CT molecular complexity index is 369. The minimum absolute atomic E-state index is 0.199. The van der Waals surface area contributed by atoms with E-state index in [2.05, 4.69) is 36.3 Å². The second-order valence-electron chi connectivity index (χ2n) is 4.76. The number of ether oxygens (including phenoxy) is 1. The van der Waals surface area contributed by atoms with E-state index in [1.54, 1.807) is 0 Å². The fourth-order valence-electron chi connectivity index (χ4n) is 2.37. The van der Waals surface area contributed by atoms with Gasteiger partial charge in [0.25, 0.3) is 0 Å². The van der Waals surface area contributed by atoms with E-state index in [0.717, 1.165) is 31.3 Å². The molecule has 1 aromatic carbocycles. The Morgan fingerprint density at radius 3 is 2.78 bits per heavy atom. The fraction of sp³-hybridized carbons (Fsp3) is 0.571. The largest absolute Gasteiger partial charge is 0.374 e. The number of nitrogens with zero attached hydrogens (tertiary/aromatic N) is 1. The van der Waals surface area contributed by atoms with Gasteiger partial charge in [0.05, 0.1) is 18.8 Å². The van der Waals surface area contributed by atoms with Crippen LogP contribution in [-0.4, -0.2) is 44.3 Å². The molecule has 2 unspecified atom stereocenters. The lowest BCUT2D eigenvalue weighted by atomic mass is 10.00. The number of rotatable bonds is 4. The van der Waals surface area contributed by atoms with Crippen molar-refractivity contribution >= 4 is 11.6 Å². The highest BCUT2D eigenvalue weighted by molar-refractivity contribution is 6.30. The topological polar surface area (TPSA) is 24.5 Å². The van der Waals surface area contributed by atoms with E-state index >= 15 is 0 Å². The second kappa shape index (κ2) is 6.53. The van der Waals surface area contributed by atoms with Crippen LogP contribution in [0.2, 0.25) is 5.02 Å². The predicted molar refractivity (Wildman–Crippen MR) is 75.1 cm³/mol. The van der Waals surface area contributed by atoms with Gasteiger partial charge in [-0.05, 0) is 31.3 Å². The lowest BCUT2D eigenvalue weighted by Crippen LogP contribution is -2.46. The van der Waals surface area contributed by atoms with Crippen LogP contribution in [0.4, 0.5) is 0 Å². The molecule has 1 aliphatic heterocycles. The van der Waals surface area contributed by atoms with Crippen LogP contribution in [-0.2, 0) is 4.74 Å². The van der Waals surface area contributed by atoms with Gasteiger partial charge in [-0.1, -0.05) is 30.7 Å². The van der Waals surface area contributed by atoms with Crippen molar-refractivity contribution in [3.63, 3.8) is 0 Å². The number of likely N-dealkylation sites (N-methyl/N-ethyl adjacent to an activating group) is 2. The zero-order valence-corrected chi connectivity index (χ0v) is 11.8. The number of hydrogen-bond acceptors (Lipinski definition) is 3. The molecule has 1 aliphatic rings. The van der Waals surface area contributed by atoms with E-state index in [4.69, 9.17) is 16.3 Å². The van der Waals surface area contributed by atoms with Crippen molar-refractivity contribution < 1.29 is 4.74 Å². The van der Waals surface area contributed by atoms with E-state index in [1.165, 1.54) is 5.56 Å². The Kier molecular flexibility index (Phi) is 5.01. The molecule has 0 radical (unpaired) electrons. The molecule has 3 nitrogen and oxygen atoms in total. The van der Waals surface area contributed by atoms with Gasteiger partial charge in [0.2, 0.25) is 0 Å². The molecule has 100 valence electrons. The summed E-state index contributed by atoms with van der Waals surface area (Å²) in [5, 5.41) is 4.29. The summed E-state index contributed by atoms with van der Waals surface area (Å²) in [6.45, 7) is 5.82. The third-order valence-corrected chi connectivity index (χ3v) is 3.57. The molecule has 18 heavy (non-hydrogen) atoms. The SMILES string of the molecule is CCNC(c1ccc(Cl)cc1)C1CN(C)CCO1. The third kappa shape index (κ3) is 3.45. The zero-order valence-electron chi connectivity index (χ0n) is 11.0. The number of hydrogen-bond donors (Lipinski definition) is 1. The normalized spacial score (nSPS) is 22.9. The van der Waals surface area contributed by atoms with Crippen molar-refractivity contribution in [1.82, 2.24) is 10.2 Å². The molecule has 0 amide bonds. The van der Waals surface area contributed by atoms with Gasteiger partial charge >= 0.3 is 0 Å². The summed E-state index contributed by atoms with van der Waals surface area (Å²) in [6, 6.07) is 8.26. The first-order valence-electron chi connectivity index (χ1n) is 6.49. The molecule has 1 heterocycles. The van der Waals surface area contributed by atoms with E-state index in [0.29, 0.717) is 0 Å². The van der Waals surface area contributed by atoms with Crippen LogP contribution < -0.4 is 5.32 Å².